The van der Waals surface area contributed by atoms with Crippen LogP contribution in [0.5, 0.6) is 0 Å². The number of carbonyl (C=O) groups excluding carboxylic acids is 1. The molecule has 0 fully saturated rings. The first-order valence-electron chi connectivity index (χ1n) is 1.40. The van der Waals surface area contributed by atoms with Crippen molar-refractivity contribution in [2.24, 2.45) is 10.9 Å². The minimum atomic E-state index is -0.769. The molecule has 0 aliphatic heterocycles. The Balaban J connectivity index is 3.26. The number of nitrogens with zero attached hydrogens (tertiary/aromatic N) is 1. The highest BCUT2D eigenvalue weighted by Crippen LogP contribution is 1.58. The van der Waals surface area contributed by atoms with Gasteiger partial charge in [-0.2, -0.15) is 5.26 Å². The summed E-state index contributed by atoms with van der Waals surface area (Å²) in [6.07, 6.45) is 0.639. The fourth-order valence-corrected chi connectivity index (χ4v) is 0.0755. The van der Waals surface area contributed by atoms with Gasteiger partial charge in [-0.25, -0.2) is 4.99 Å². The van der Waals surface area contributed by atoms with Crippen LogP contribution in [0.15, 0.2) is 5.16 Å². The Kier molecular flexibility index (Phi) is 2.62. The van der Waals surface area contributed by atoms with Crippen LogP contribution in [0.4, 0.5) is 0 Å². The SMILES string of the molecule is NC(=O)C=NOO. The van der Waals surface area contributed by atoms with Crippen molar-refractivity contribution in [2.45, 2.75) is 0 Å². The van der Waals surface area contributed by atoms with Crippen LogP contribution in [-0.4, -0.2) is 17.4 Å². The number of hydrogen-bond acceptors (Lipinski definition) is 4. The molecule has 0 heterocycles. The van der Waals surface area contributed by atoms with Crippen molar-refractivity contribution in [3.63, 3.8) is 0 Å². The highest BCUT2D eigenvalue weighted by atomic mass is 17.2. The molecule has 0 saturated heterocycles. The van der Waals surface area contributed by atoms with E-state index in [9.17, 15) is 4.79 Å². The average Bonchev–Trinajstić information content (AvgIpc) is 1.61. The molecule has 0 unspecified atom stereocenters. The lowest BCUT2D eigenvalue weighted by atomic mass is 10.7. The predicted octanol–water partition coefficient (Wildman–Crippen LogP) is -1.05. The fraction of sp³-hybridized carbons (Fsp3) is 0. The first-order valence-corrected chi connectivity index (χ1v) is 1.40. The Morgan fingerprint density at radius 3 is 2.71 bits per heavy atom. The number of amides is 1. The van der Waals surface area contributed by atoms with Gasteiger partial charge in [0.2, 0.25) is 0 Å². The standard InChI is InChI=1S/C2H4N2O3/c3-2(5)1-4-7-6/h1,6H,(H2,3,5). The van der Waals surface area contributed by atoms with E-state index in [4.69, 9.17) is 5.26 Å². The van der Waals surface area contributed by atoms with Crippen molar-refractivity contribution < 1.29 is 15.0 Å². The van der Waals surface area contributed by atoms with Crippen LogP contribution in [0.1, 0.15) is 0 Å². The van der Waals surface area contributed by atoms with Crippen molar-refractivity contribution in [1.82, 2.24) is 0 Å². The van der Waals surface area contributed by atoms with Gasteiger partial charge in [0.25, 0.3) is 5.91 Å². The molecule has 5 heteroatoms. The van der Waals surface area contributed by atoms with Crippen LogP contribution in [0.25, 0.3) is 0 Å². The summed E-state index contributed by atoms with van der Waals surface area (Å²) in [6, 6.07) is 0. The predicted molar refractivity (Wildman–Crippen MR) is 21.4 cm³/mol. The molecular formula is C2H4N2O3. The molecule has 0 spiro atoms. The van der Waals surface area contributed by atoms with Crippen molar-refractivity contribution in [3.05, 3.63) is 0 Å². The van der Waals surface area contributed by atoms with Crippen LogP contribution in [-0.2, 0) is 9.78 Å². The Morgan fingerprint density at radius 1 is 2.00 bits per heavy atom. The molecule has 0 rings (SSSR count). The lowest BCUT2D eigenvalue weighted by molar-refractivity contribution is -0.242. The summed E-state index contributed by atoms with van der Waals surface area (Å²) in [7, 11) is 0. The Bertz CT molecular complexity index is 88.9. The van der Waals surface area contributed by atoms with Crippen molar-refractivity contribution >= 4 is 12.1 Å². The molecule has 3 N–H and O–H groups in total. The van der Waals surface area contributed by atoms with E-state index in [2.05, 4.69) is 15.9 Å². The smallest absolute Gasteiger partial charge is 0.263 e. The minimum Gasteiger partial charge on any atom is -0.365 e. The minimum absolute atomic E-state index is 0.639. The number of hydrogen-bond donors (Lipinski definition) is 2. The Morgan fingerprint density at radius 2 is 2.57 bits per heavy atom. The molecule has 0 aliphatic rings. The van der Waals surface area contributed by atoms with Crippen LogP contribution < -0.4 is 5.73 Å². The zero-order valence-electron chi connectivity index (χ0n) is 3.37. The van der Waals surface area contributed by atoms with Gasteiger partial charge in [0.15, 0.2) is 0 Å². The van der Waals surface area contributed by atoms with E-state index in [1.54, 1.807) is 0 Å². The van der Waals surface area contributed by atoms with E-state index < -0.39 is 5.91 Å². The lowest BCUT2D eigenvalue weighted by Gasteiger charge is -1.75. The van der Waals surface area contributed by atoms with Gasteiger partial charge in [-0.3, -0.25) is 4.79 Å². The molecule has 0 aliphatic carbocycles. The maximum absolute atomic E-state index is 9.64. The van der Waals surface area contributed by atoms with Crippen LogP contribution in [0.2, 0.25) is 0 Å². The molecule has 7 heavy (non-hydrogen) atoms. The molecule has 40 valence electrons. The highest BCUT2D eigenvalue weighted by Gasteiger charge is 1.79. The van der Waals surface area contributed by atoms with Gasteiger partial charge in [0.1, 0.15) is 6.21 Å². The number of carbonyl (C=O) groups is 1. The maximum atomic E-state index is 9.64. The first kappa shape index (κ1) is 5.90. The zero-order chi connectivity index (χ0) is 5.70. The fourth-order valence-electron chi connectivity index (χ4n) is 0.0755. The first-order chi connectivity index (χ1) is 3.27. The second-order valence-corrected chi connectivity index (χ2v) is 0.719. The third kappa shape index (κ3) is 4.90. The Labute approximate surface area is 39.3 Å². The normalized spacial score (nSPS) is 9.29. The van der Waals surface area contributed by atoms with Crippen molar-refractivity contribution in [2.75, 3.05) is 0 Å². The van der Waals surface area contributed by atoms with E-state index in [0.29, 0.717) is 6.21 Å². The average molecular weight is 104 g/mol. The van der Waals surface area contributed by atoms with Gasteiger partial charge < -0.3 is 5.73 Å². The van der Waals surface area contributed by atoms with Gasteiger partial charge in [-0.15, -0.1) is 0 Å². The van der Waals surface area contributed by atoms with Crippen molar-refractivity contribution in [1.29, 1.82) is 0 Å². The van der Waals surface area contributed by atoms with Crippen molar-refractivity contribution in [3.8, 4) is 0 Å². The summed E-state index contributed by atoms with van der Waals surface area (Å²) < 4.78 is 0. The summed E-state index contributed by atoms with van der Waals surface area (Å²) in [5, 5.41) is 10.0. The van der Waals surface area contributed by atoms with E-state index in [1.165, 1.54) is 0 Å². The van der Waals surface area contributed by atoms with Gasteiger partial charge in [0.05, 0.1) is 0 Å². The summed E-state index contributed by atoms with van der Waals surface area (Å²) >= 11 is 0. The number of rotatable bonds is 2. The second kappa shape index (κ2) is 3.10. The molecule has 1 amide bonds. The van der Waals surface area contributed by atoms with Crippen LogP contribution in [0.3, 0.4) is 0 Å². The molecule has 0 aromatic rings. The summed E-state index contributed by atoms with van der Waals surface area (Å²) in [5.41, 5.74) is 4.50. The van der Waals surface area contributed by atoms with E-state index in [0.717, 1.165) is 0 Å². The monoisotopic (exact) mass is 104 g/mol. The van der Waals surface area contributed by atoms with Crippen LogP contribution in [0, 0.1) is 0 Å². The van der Waals surface area contributed by atoms with Gasteiger partial charge in [-0.1, -0.05) is 0 Å². The number of oxime groups is 1. The molecule has 0 atom stereocenters. The maximum Gasteiger partial charge on any atom is 0.263 e. The second-order valence-electron chi connectivity index (χ2n) is 0.719. The molecule has 0 bridgehead atoms. The summed E-state index contributed by atoms with van der Waals surface area (Å²) in [5.74, 6) is -0.769. The largest absolute Gasteiger partial charge is 0.365 e. The van der Waals surface area contributed by atoms with E-state index >= 15 is 0 Å². The molecule has 0 aromatic heterocycles. The third-order valence-corrected chi connectivity index (χ3v) is 0.227. The zero-order valence-corrected chi connectivity index (χ0v) is 3.37. The molecule has 0 saturated carbocycles. The molecule has 5 nitrogen and oxygen atoms in total. The van der Waals surface area contributed by atoms with E-state index in [-0.39, 0.29) is 0 Å². The van der Waals surface area contributed by atoms with Crippen LogP contribution >= 0.6 is 0 Å². The quantitative estimate of drug-likeness (QED) is 0.266. The molecule has 0 aromatic carbocycles. The molecule has 0 radical (unpaired) electrons. The van der Waals surface area contributed by atoms with E-state index in [1.807, 2.05) is 0 Å². The van der Waals surface area contributed by atoms with Gasteiger partial charge >= 0.3 is 0 Å². The lowest BCUT2D eigenvalue weighted by Crippen LogP contribution is -2.11. The summed E-state index contributed by atoms with van der Waals surface area (Å²) in [4.78, 5) is 12.8. The topological polar surface area (TPSA) is 84.9 Å². The number of nitrogens with two attached hydrogens (primary N) is 1. The third-order valence-electron chi connectivity index (χ3n) is 0.227. The molecular weight excluding hydrogens is 100 g/mol. The van der Waals surface area contributed by atoms with Gasteiger partial charge in [0, 0.05) is 0 Å². The number of primary amides is 1. The highest BCUT2D eigenvalue weighted by molar-refractivity contribution is 6.25. The van der Waals surface area contributed by atoms with Gasteiger partial charge in [-0.05, 0) is 5.16 Å². The summed E-state index contributed by atoms with van der Waals surface area (Å²) in [6.45, 7) is 0. The Hall–Kier alpha value is -1.10.